The van der Waals surface area contributed by atoms with Crippen LogP contribution in [0, 0.1) is 0 Å². The van der Waals surface area contributed by atoms with Crippen LogP contribution in [0.25, 0.3) is 23.1 Å². The van der Waals surface area contributed by atoms with Gasteiger partial charge in [-0.15, -0.1) is 12.4 Å². The average Bonchev–Trinajstić information content (AvgIpc) is 2.69. The van der Waals surface area contributed by atoms with Crippen molar-refractivity contribution in [2.75, 3.05) is 39.6 Å². The minimum absolute atomic E-state index is 0. The number of ether oxygens (including phenoxy) is 1. The van der Waals surface area contributed by atoms with E-state index in [1.807, 2.05) is 54.6 Å². The van der Waals surface area contributed by atoms with Crippen molar-refractivity contribution in [3.63, 3.8) is 0 Å². The van der Waals surface area contributed by atoms with Crippen LogP contribution in [0.3, 0.4) is 0 Å². The standard InChI is InChI=1S/C22H26N4O.ClH/c1-26(2)16-6-15-23-22-19-7-4-5-8-20(19)24-21(25-22)14-11-17-9-12-18(27-3)13-10-17;/h4-5,7-14H,6,15-16H2,1-3H3,(H,23,24,25);1H/b14-11+;. The van der Waals surface area contributed by atoms with Crippen LogP contribution in [0.5, 0.6) is 5.75 Å². The molecule has 0 fully saturated rings. The monoisotopic (exact) mass is 398 g/mol. The summed E-state index contributed by atoms with van der Waals surface area (Å²) < 4.78 is 5.20. The minimum atomic E-state index is 0. The number of para-hydroxylation sites is 1. The van der Waals surface area contributed by atoms with Gasteiger partial charge in [0.15, 0.2) is 5.82 Å². The zero-order valence-electron chi connectivity index (χ0n) is 16.6. The second-order valence-electron chi connectivity index (χ2n) is 6.64. The van der Waals surface area contributed by atoms with Gasteiger partial charge in [-0.1, -0.05) is 30.3 Å². The molecule has 0 bridgehead atoms. The molecular formula is C22H27ClN4O. The third-order valence-electron chi connectivity index (χ3n) is 4.24. The first-order valence-corrected chi connectivity index (χ1v) is 9.13. The number of aromatic nitrogens is 2. The molecule has 148 valence electrons. The van der Waals surface area contributed by atoms with Crippen LogP contribution in [0.4, 0.5) is 5.82 Å². The number of rotatable bonds is 8. The number of nitrogens with one attached hydrogen (secondary N) is 1. The number of anilines is 1. The highest BCUT2D eigenvalue weighted by Crippen LogP contribution is 2.21. The molecule has 1 heterocycles. The molecule has 0 aliphatic heterocycles. The van der Waals surface area contributed by atoms with Gasteiger partial charge in [0.05, 0.1) is 12.6 Å². The molecule has 0 aliphatic carbocycles. The lowest BCUT2D eigenvalue weighted by Gasteiger charge is -2.12. The lowest BCUT2D eigenvalue weighted by Crippen LogP contribution is -2.16. The van der Waals surface area contributed by atoms with Crippen molar-refractivity contribution in [3.8, 4) is 5.75 Å². The number of hydrogen-bond donors (Lipinski definition) is 1. The maximum Gasteiger partial charge on any atom is 0.154 e. The second-order valence-corrected chi connectivity index (χ2v) is 6.64. The van der Waals surface area contributed by atoms with Crippen molar-refractivity contribution in [2.45, 2.75) is 6.42 Å². The lowest BCUT2D eigenvalue weighted by atomic mass is 10.2. The van der Waals surface area contributed by atoms with Crippen molar-refractivity contribution >= 4 is 41.3 Å². The molecule has 0 atom stereocenters. The van der Waals surface area contributed by atoms with E-state index in [4.69, 9.17) is 9.72 Å². The zero-order chi connectivity index (χ0) is 19.1. The predicted molar refractivity (Wildman–Crippen MR) is 120 cm³/mol. The summed E-state index contributed by atoms with van der Waals surface area (Å²) in [4.78, 5) is 11.6. The second kappa shape index (κ2) is 10.6. The number of hydrogen-bond acceptors (Lipinski definition) is 5. The molecule has 0 spiro atoms. The molecule has 0 saturated carbocycles. The fraction of sp³-hybridized carbons (Fsp3) is 0.273. The SMILES string of the molecule is COc1ccc(/C=C/c2nc(NCCCN(C)C)c3ccccc3n2)cc1.Cl. The Balaban J connectivity index is 0.00000280. The highest BCUT2D eigenvalue weighted by molar-refractivity contribution is 5.90. The van der Waals surface area contributed by atoms with Gasteiger partial charge in [0.1, 0.15) is 11.6 Å². The number of fused-ring (bicyclic) bond motifs is 1. The zero-order valence-corrected chi connectivity index (χ0v) is 17.4. The summed E-state index contributed by atoms with van der Waals surface area (Å²) in [6.45, 7) is 1.92. The fourth-order valence-electron chi connectivity index (χ4n) is 2.79. The number of halogens is 1. The van der Waals surface area contributed by atoms with Crippen molar-refractivity contribution < 1.29 is 4.74 Å². The smallest absolute Gasteiger partial charge is 0.154 e. The molecule has 28 heavy (non-hydrogen) atoms. The maximum atomic E-state index is 5.20. The Morgan fingerprint density at radius 1 is 1.00 bits per heavy atom. The quantitative estimate of drug-likeness (QED) is 0.562. The Morgan fingerprint density at radius 3 is 2.46 bits per heavy atom. The summed E-state index contributed by atoms with van der Waals surface area (Å²) in [5, 5.41) is 4.51. The minimum Gasteiger partial charge on any atom is -0.497 e. The van der Waals surface area contributed by atoms with Crippen molar-refractivity contribution in [2.24, 2.45) is 0 Å². The van der Waals surface area contributed by atoms with Crippen LogP contribution in [0.1, 0.15) is 17.8 Å². The Morgan fingerprint density at radius 2 is 1.75 bits per heavy atom. The van der Waals surface area contributed by atoms with E-state index in [0.29, 0.717) is 5.82 Å². The third kappa shape index (κ3) is 5.94. The van der Waals surface area contributed by atoms with Crippen LogP contribution in [-0.2, 0) is 0 Å². The molecular weight excluding hydrogens is 372 g/mol. The molecule has 0 unspecified atom stereocenters. The summed E-state index contributed by atoms with van der Waals surface area (Å²) in [5.74, 6) is 2.42. The molecule has 1 N–H and O–H groups in total. The summed E-state index contributed by atoms with van der Waals surface area (Å²) in [6, 6.07) is 16.0. The molecule has 0 saturated heterocycles. The number of methoxy groups -OCH3 is 1. The van der Waals surface area contributed by atoms with E-state index >= 15 is 0 Å². The van der Waals surface area contributed by atoms with Gasteiger partial charge in [-0.05, 0) is 63.0 Å². The van der Waals surface area contributed by atoms with E-state index < -0.39 is 0 Å². The number of benzene rings is 2. The molecule has 5 nitrogen and oxygen atoms in total. The molecule has 3 aromatic rings. The molecule has 3 rings (SSSR count). The van der Waals surface area contributed by atoms with Crippen LogP contribution in [-0.4, -0.2) is 49.2 Å². The van der Waals surface area contributed by atoms with E-state index in [2.05, 4.69) is 35.4 Å². The van der Waals surface area contributed by atoms with Crippen LogP contribution in [0.2, 0.25) is 0 Å². The Bertz CT molecular complexity index is 910. The Kier molecular flexibility index (Phi) is 8.23. The molecule has 0 amide bonds. The third-order valence-corrected chi connectivity index (χ3v) is 4.24. The van der Waals surface area contributed by atoms with Crippen molar-refractivity contribution in [1.82, 2.24) is 14.9 Å². The first-order chi connectivity index (χ1) is 13.2. The first kappa shape index (κ1) is 21.7. The van der Waals surface area contributed by atoms with Crippen molar-refractivity contribution in [1.29, 1.82) is 0 Å². The maximum absolute atomic E-state index is 5.20. The summed E-state index contributed by atoms with van der Waals surface area (Å²) in [5.41, 5.74) is 2.02. The highest BCUT2D eigenvalue weighted by atomic mass is 35.5. The molecule has 6 heteroatoms. The van der Waals surface area contributed by atoms with Crippen LogP contribution >= 0.6 is 12.4 Å². The van der Waals surface area contributed by atoms with Gasteiger partial charge >= 0.3 is 0 Å². The molecule has 0 radical (unpaired) electrons. The lowest BCUT2D eigenvalue weighted by molar-refractivity contribution is 0.405. The summed E-state index contributed by atoms with van der Waals surface area (Å²) in [7, 11) is 5.84. The first-order valence-electron chi connectivity index (χ1n) is 9.13. The fourth-order valence-corrected chi connectivity index (χ4v) is 2.79. The average molecular weight is 399 g/mol. The van der Waals surface area contributed by atoms with Gasteiger partial charge in [0, 0.05) is 11.9 Å². The van der Waals surface area contributed by atoms with Gasteiger partial charge in [-0.3, -0.25) is 0 Å². The van der Waals surface area contributed by atoms with Gasteiger partial charge in [0.25, 0.3) is 0 Å². The van der Waals surface area contributed by atoms with E-state index in [0.717, 1.165) is 47.5 Å². The van der Waals surface area contributed by atoms with Crippen LogP contribution < -0.4 is 10.1 Å². The van der Waals surface area contributed by atoms with E-state index in [1.165, 1.54) is 0 Å². The van der Waals surface area contributed by atoms with E-state index in [9.17, 15) is 0 Å². The Labute approximate surface area is 172 Å². The predicted octanol–water partition coefficient (Wildman–Crippen LogP) is 4.59. The highest BCUT2D eigenvalue weighted by Gasteiger charge is 2.05. The van der Waals surface area contributed by atoms with E-state index in [-0.39, 0.29) is 12.4 Å². The normalized spacial score (nSPS) is 11.0. The van der Waals surface area contributed by atoms with Gasteiger partial charge in [-0.25, -0.2) is 9.97 Å². The summed E-state index contributed by atoms with van der Waals surface area (Å²) in [6.07, 6.45) is 5.01. The topological polar surface area (TPSA) is 50.3 Å². The van der Waals surface area contributed by atoms with Gasteiger partial charge < -0.3 is 15.0 Å². The number of nitrogens with zero attached hydrogens (tertiary/aromatic N) is 3. The van der Waals surface area contributed by atoms with Gasteiger partial charge in [-0.2, -0.15) is 0 Å². The summed E-state index contributed by atoms with van der Waals surface area (Å²) >= 11 is 0. The van der Waals surface area contributed by atoms with Crippen LogP contribution in [0.15, 0.2) is 48.5 Å². The Hall–Kier alpha value is -2.63. The molecule has 2 aromatic carbocycles. The van der Waals surface area contributed by atoms with Crippen molar-refractivity contribution in [3.05, 3.63) is 59.9 Å². The van der Waals surface area contributed by atoms with E-state index in [1.54, 1.807) is 7.11 Å². The van der Waals surface area contributed by atoms with Gasteiger partial charge in [0.2, 0.25) is 0 Å². The largest absolute Gasteiger partial charge is 0.497 e. The molecule has 1 aromatic heterocycles. The molecule has 0 aliphatic rings.